The average molecular weight is 296 g/mol. The van der Waals surface area contributed by atoms with Crippen LogP contribution in [0.2, 0.25) is 0 Å². The predicted octanol–water partition coefficient (Wildman–Crippen LogP) is 2.58. The Morgan fingerprint density at radius 2 is 1.85 bits per heavy atom. The predicted molar refractivity (Wildman–Crippen MR) is 81.1 cm³/mol. The summed E-state index contributed by atoms with van der Waals surface area (Å²) in [6, 6.07) is 7.37. The molecule has 1 aromatic carbocycles. The molecular formula is C15H24N2O2S. The summed E-state index contributed by atoms with van der Waals surface area (Å²) in [4.78, 5) is 0.345. The van der Waals surface area contributed by atoms with Crippen LogP contribution in [0.15, 0.2) is 29.2 Å². The second-order valence-electron chi connectivity index (χ2n) is 5.87. The van der Waals surface area contributed by atoms with E-state index >= 15 is 0 Å². The van der Waals surface area contributed by atoms with Crippen LogP contribution in [0.3, 0.4) is 0 Å². The van der Waals surface area contributed by atoms with Crippen LogP contribution < -0.4 is 10.0 Å². The van der Waals surface area contributed by atoms with Gasteiger partial charge < -0.3 is 5.32 Å². The summed E-state index contributed by atoms with van der Waals surface area (Å²) in [5, 5.41) is 3.31. The summed E-state index contributed by atoms with van der Waals surface area (Å²) < 4.78 is 27.5. The van der Waals surface area contributed by atoms with Gasteiger partial charge in [-0.2, -0.15) is 0 Å². The van der Waals surface area contributed by atoms with E-state index in [9.17, 15) is 8.42 Å². The molecule has 0 radical (unpaired) electrons. The molecule has 1 aliphatic rings. The van der Waals surface area contributed by atoms with E-state index < -0.39 is 10.0 Å². The molecule has 0 bridgehead atoms. The third kappa shape index (κ3) is 3.40. The SMILES string of the molecule is CCNC(C)c1ccc(S(=O)(=O)NC2(C)CCC2)cc1. The maximum absolute atomic E-state index is 12.3. The average Bonchev–Trinajstić information content (AvgIpc) is 2.37. The molecule has 20 heavy (non-hydrogen) atoms. The van der Waals surface area contributed by atoms with E-state index in [1.54, 1.807) is 12.1 Å². The summed E-state index contributed by atoms with van der Waals surface area (Å²) in [7, 11) is -3.40. The van der Waals surface area contributed by atoms with Gasteiger partial charge in [-0.1, -0.05) is 19.1 Å². The Balaban J connectivity index is 2.12. The molecule has 1 atom stereocenters. The molecule has 1 fully saturated rings. The van der Waals surface area contributed by atoms with Crippen molar-refractivity contribution in [2.45, 2.75) is 56.5 Å². The minimum Gasteiger partial charge on any atom is -0.310 e. The van der Waals surface area contributed by atoms with Gasteiger partial charge in [-0.25, -0.2) is 13.1 Å². The van der Waals surface area contributed by atoms with Crippen LogP contribution >= 0.6 is 0 Å². The minimum atomic E-state index is -3.40. The highest BCUT2D eigenvalue weighted by atomic mass is 32.2. The molecule has 1 saturated carbocycles. The third-order valence-corrected chi connectivity index (χ3v) is 5.69. The Hall–Kier alpha value is -0.910. The van der Waals surface area contributed by atoms with Crippen molar-refractivity contribution in [2.75, 3.05) is 6.54 Å². The van der Waals surface area contributed by atoms with Crippen molar-refractivity contribution in [1.82, 2.24) is 10.0 Å². The second kappa shape index (κ2) is 5.84. The van der Waals surface area contributed by atoms with Crippen molar-refractivity contribution in [1.29, 1.82) is 0 Å². The molecule has 0 amide bonds. The van der Waals surface area contributed by atoms with Crippen LogP contribution in [0.4, 0.5) is 0 Å². The monoisotopic (exact) mass is 296 g/mol. The molecule has 112 valence electrons. The topological polar surface area (TPSA) is 58.2 Å². The first-order chi connectivity index (χ1) is 9.36. The zero-order chi connectivity index (χ0) is 14.8. The van der Waals surface area contributed by atoms with Crippen molar-refractivity contribution in [2.24, 2.45) is 0 Å². The van der Waals surface area contributed by atoms with Gasteiger partial charge in [0.15, 0.2) is 0 Å². The molecule has 5 heteroatoms. The van der Waals surface area contributed by atoms with Gasteiger partial charge in [0.05, 0.1) is 4.90 Å². The van der Waals surface area contributed by atoms with Crippen molar-refractivity contribution in [3.8, 4) is 0 Å². The first kappa shape index (κ1) is 15.5. The summed E-state index contributed by atoms with van der Waals surface area (Å²) >= 11 is 0. The number of hydrogen-bond acceptors (Lipinski definition) is 3. The zero-order valence-electron chi connectivity index (χ0n) is 12.4. The molecule has 0 saturated heterocycles. The van der Waals surface area contributed by atoms with Gasteiger partial charge in [-0.3, -0.25) is 0 Å². The lowest BCUT2D eigenvalue weighted by Gasteiger charge is -2.38. The quantitative estimate of drug-likeness (QED) is 0.848. The van der Waals surface area contributed by atoms with Crippen LogP contribution in [0.5, 0.6) is 0 Å². The van der Waals surface area contributed by atoms with Crippen molar-refractivity contribution >= 4 is 10.0 Å². The fourth-order valence-electron chi connectivity index (χ4n) is 2.55. The van der Waals surface area contributed by atoms with E-state index in [-0.39, 0.29) is 11.6 Å². The van der Waals surface area contributed by atoms with Crippen LogP contribution in [-0.4, -0.2) is 20.5 Å². The smallest absolute Gasteiger partial charge is 0.241 e. The Labute approximate surface area is 122 Å². The summed E-state index contributed by atoms with van der Waals surface area (Å²) in [5.74, 6) is 0. The molecule has 1 unspecified atom stereocenters. The summed E-state index contributed by atoms with van der Waals surface area (Å²) in [6.45, 7) is 6.98. The third-order valence-electron chi connectivity index (χ3n) is 4.04. The number of rotatable bonds is 6. The minimum absolute atomic E-state index is 0.230. The molecular weight excluding hydrogens is 272 g/mol. The highest BCUT2D eigenvalue weighted by Crippen LogP contribution is 2.32. The fraction of sp³-hybridized carbons (Fsp3) is 0.600. The van der Waals surface area contributed by atoms with E-state index in [0.717, 1.165) is 31.4 Å². The molecule has 1 aromatic rings. The lowest BCUT2D eigenvalue weighted by atomic mass is 9.80. The standard InChI is InChI=1S/C15H24N2O2S/c1-4-16-12(2)13-6-8-14(9-7-13)20(18,19)17-15(3)10-5-11-15/h6-9,12,16-17H,4-5,10-11H2,1-3H3. The molecule has 0 spiro atoms. The normalized spacial score (nSPS) is 19.4. The van der Waals surface area contributed by atoms with Crippen LogP contribution in [0, 0.1) is 0 Å². The van der Waals surface area contributed by atoms with Crippen LogP contribution in [-0.2, 0) is 10.0 Å². The van der Waals surface area contributed by atoms with Crippen LogP contribution in [0.25, 0.3) is 0 Å². The van der Waals surface area contributed by atoms with Gasteiger partial charge in [0.25, 0.3) is 0 Å². The maximum Gasteiger partial charge on any atom is 0.241 e. The lowest BCUT2D eigenvalue weighted by molar-refractivity contribution is 0.248. The van der Waals surface area contributed by atoms with E-state index in [1.807, 2.05) is 19.1 Å². The van der Waals surface area contributed by atoms with Crippen LogP contribution in [0.1, 0.15) is 51.6 Å². The summed E-state index contributed by atoms with van der Waals surface area (Å²) in [5.41, 5.74) is 0.842. The number of hydrogen-bond donors (Lipinski definition) is 2. The van der Waals surface area contributed by atoms with Gasteiger partial charge in [0.2, 0.25) is 10.0 Å². The molecule has 2 N–H and O–H groups in total. The second-order valence-corrected chi connectivity index (χ2v) is 7.55. The number of benzene rings is 1. The van der Waals surface area contributed by atoms with E-state index in [1.165, 1.54) is 0 Å². The molecule has 0 heterocycles. The van der Waals surface area contributed by atoms with E-state index in [4.69, 9.17) is 0 Å². The Morgan fingerprint density at radius 1 is 1.25 bits per heavy atom. The zero-order valence-corrected chi connectivity index (χ0v) is 13.3. The Bertz CT molecular complexity index is 548. The molecule has 2 rings (SSSR count). The Kier molecular flexibility index (Phi) is 4.52. The summed E-state index contributed by atoms with van der Waals surface area (Å²) in [6.07, 6.45) is 2.93. The van der Waals surface area contributed by atoms with E-state index in [0.29, 0.717) is 4.90 Å². The number of nitrogens with one attached hydrogen (secondary N) is 2. The van der Waals surface area contributed by atoms with Gasteiger partial charge in [-0.05, 0) is 57.4 Å². The largest absolute Gasteiger partial charge is 0.310 e. The van der Waals surface area contributed by atoms with Gasteiger partial charge in [0.1, 0.15) is 0 Å². The van der Waals surface area contributed by atoms with Crippen molar-refractivity contribution < 1.29 is 8.42 Å². The fourth-order valence-corrected chi connectivity index (χ4v) is 4.02. The first-order valence-electron chi connectivity index (χ1n) is 7.24. The maximum atomic E-state index is 12.3. The van der Waals surface area contributed by atoms with Crippen molar-refractivity contribution in [3.63, 3.8) is 0 Å². The first-order valence-corrected chi connectivity index (χ1v) is 8.72. The lowest BCUT2D eigenvalue weighted by Crippen LogP contribution is -2.50. The molecule has 1 aliphatic carbocycles. The number of sulfonamides is 1. The Morgan fingerprint density at radius 3 is 2.30 bits per heavy atom. The van der Waals surface area contributed by atoms with Crippen molar-refractivity contribution in [3.05, 3.63) is 29.8 Å². The molecule has 4 nitrogen and oxygen atoms in total. The molecule has 0 aromatic heterocycles. The van der Waals surface area contributed by atoms with E-state index in [2.05, 4.69) is 23.9 Å². The van der Waals surface area contributed by atoms with Gasteiger partial charge in [-0.15, -0.1) is 0 Å². The van der Waals surface area contributed by atoms with Gasteiger partial charge in [0, 0.05) is 11.6 Å². The highest BCUT2D eigenvalue weighted by Gasteiger charge is 2.36. The van der Waals surface area contributed by atoms with Gasteiger partial charge >= 0.3 is 0 Å². The molecule has 0 aliphatic heterocycles. The highest BCUT2D eigenvalue weighted by molar-refractivity contribution is 7.89.